The summed E-state index contributed by atoms with van der Waals surface area (Å²) in [6.45, 7) is 3.86. The largest absolute Gasteiger partial charge is 0.493 e. The van der Waals surface area contributed by atoms with E-state index in [0.717, 1.165) is 4.57 Å². The summed E-state index contributed by atoms with van der Waals surface area (Å²) < 4.78 is 12.8. The number of rotatable bonds is 5. The van der Waals surface area contributed by atoms with Gasteiger partial charge in [-0.15, -0.1) is 0 Å². The van der Waals surface area contributed by atoms with Crippen molar-refractivity contribution in [2.24, 2.45) is 14.1 Å². The van der Waals surface area contributed by atoms with Crippen LogP contribution in [0.4, 0.5) is 5.69 Å². The van der Waals surface area contributed by atoms with E-state index in [1.807, 2.05) is 13.8 Å². The Hall–Kier alpha value is -3.62. The van der Waals surface area contributed by atoms with Crippen LogP contribution >= 0.6 is 0 Å². The van der Waals surface area contributed by atoms with Gasteiger partial charge in [-0.3, -0.25) is 18.7 Å². The minimum atomic E-state index is -0.522. The molecule has 0 radical (unpaired) electrons. The average molecular weight is 412 g/mol. The Bertz CT molecular complexity index is 1260. The molecule has 30 heavy (non-hydrogen) atoms. The molecular formula is C21H24N4O5. The van der Waals surface area contributed by atoms with Gasteiger partial charge in [0.15, 0.2) is 17.1 Å². The number of hydrogen-bond donors (Lipinski definition) is 1. The number of ether oxygens (including phenoxy) is 2. The molecule has 0 atom stereocenters. The van der Waals surface area contributed by atoms with Crippen LogP contribution in [-0.2, 0) is 14.1 Å². The molecule has 3 aromatic rings. The molecule has 0 aliphatic carbocycles. The SMILES string of the molecule is COc1ccc(C(=O)Nc2c(C(C)C)cnc3c2c(=O)n(C)c(=O)n3C)cc1OC. The maximum Gasteiger partial charge on any atom is 0.332 e. The topological polar surface area (TPSA) is 104 Å². The molecule has 0 spiro atoms. The van der Waals surface area contributed by atoms with E-state index in [9.17, 15) is 14.4 Å². The predicted octanol–water partition coefficient (Wildman–Crippen LogP) is 2.03. The molecule has 2 heterocycles. The molecule has 9 heteroatoms. The van der Waals surface area contributed by atoms with E-state index in [2.05, 4.69) is 10.3 Å². The number of anilines is 1. The van der Waals surface area contributed by atoms with Gasteiger partial charge >= 0.3 is 5.69 Å². The van der Waals surface area contributed by atoms with Crippen molar-refractivity contribution in [2.75, 3.05) is 19.5 Å². The van der Waals surface area contributed by atoms with Gasteiger partial charge in [0.1, 0.15) is 5.39 Å². The van der Waals surface area contributed by atoms with Crippen molar-refractivity contribution in [3.63, 3.8) is 0 Å². The zero-order valence-electron chi connectivity index (χ0n) is 17.8. The molecule has 0 unspecified atom stereocenters. The summed E-state index contributed by atoms with van der Waals surface area (Å²) >= 11 is 0. The molecule has 3 rings (SSSR count). The number of nitrogens with zero attached hydrogens (tertiary/aromatic N) is 3. The average Bonchev–Trinajstić information content (AvgIpc) is 2.74. The van der Waals surface area contributed by atoms with Crippen molar-refractivity contribution in [1.82, 2.24) is 14.1 Å². The van der Waals surface area contributed by atoms with Crippen molar-refractivity contribution < 1.29 is 14.3 Å². The lowest BCUT2D eigenvalue weighted by Crippen LogP contribution is -2.38. The number of pyridine rings is 1. The van der Waals surface area contributed by atoms with Crippen LogP contribution in [0.1, 0.15) is 35.7 Å². The summed E-state index contributed by atoms with van der Waals surface area (Å²) in [7, 11) is 5.92. The van der Waals surface area contributed by atoms with Gasteiger partial charge in [0, 0.05) is 25.9 Å². The summed E-state index contributed by atoms with van der Waals surface area (Å²) in [5.41, 5.74) is 0.544. The van der Waals surface area contributed by atoms with Crippen LogP contribution < -0.4 is 26.0 Å². The molecule has 0 aliphatic rings. The molecular weight excluding hydrogens is 388 g/mol. The molecule has 0 bridgehead atoms. The van der Waals surface area contributed by atoms with Crippen molar-refractivity contribution in [3.05, 3.63) is 56.4 Å². The summed E-state index contributed by atoms with van der Waals surface area (Å²) in [6, 6.07) is 4.79. The second kappa shape index (κ2) is 8.02. The molecule has 9 nitrogen and oxygen atoms in total. The molecule has 1 amide bonds. The van der Waals surface area contributed by atoms with Crippen molar-refractivity contribution in [3.8, 4) is 11.5 Å². The first-order valence-electron chi connectivity index (χ1n) is 9.33. The van der Waals surface area contributed by atoms with Gasteiger partial charge < -0.3 is 14.8 Å². The highest BCUT2D eigenvalue weighted by molar-refractivity contribution is 6.09. The maximum atomic E-state index is 13.0. The zero-order valence-corrected chi connectivity index (χ0v) is 17.8. The Balaban J connectivity index is 2.22. The lowest BCUT2D eigenvalue weighted by atomic mass is 10.0. The third kappa shape index (κ3) is 3.42. The molecule has 1 N–H and O–H groups in total. The number of aromatic nitrogens is 3. The summed E-state index contributed by atoms with van der Waals surface area (Å²) in [6.07, 6.45) is 1.58. The molecule has 0 saturated heterocycles. The van der Waals surface area contributed by atoms with Gasteiger partial charge in [0.25, 0.3) is 11.5 Å². The molecule has 0 aliphatic heterocycles. The number of amides is 1. The third-order valence-corrected chi connectivity index (χ3v) is 5.00. The number of hydrogen-bond acceptors (Lipinski definition) is 6. The molecule has 1 aromatic carbocycles. The minimum absolute atomic E-state index is 0.0236. The van der Waals surface area contributed by atoms with Crippen LogP contribution in [0.15, 0.2) is 34.0 Å². The lowest BCUT2D eigenvalue weighted by Gasteiger charge is -2.17. The lowest BCUT2D eigenvalue weighted by molar-refractivity contribution is 0.102. The smallest absolute Gasteiger partial charge is 0.332 e. The van der Waals surface area contributed by atoms with E-state index in [0.29, 0.717) is 28.3 Å². The highest BCUT2D eigenvalue weighted by atomic mass is 16.5. The number of methoxy groups -OCH3 is 2. The monoisotopic (exact) mass is 412 g/mol. The fourth-order valence-electron chi connectivity index (χ4n) is 3.28. The molecule has 158 valence electrons. The van der Waals surface area contributed by atoms with Crippen LogP contribution in [-0.4, -0.2) is 34.2 Å². The Morgan fingerprint density at radius 2 is 1.73 bits per heavy atom. The quantitative estimate of drug-likeness (QED) is 0.688. The normalized spacial score (nSPS) is 11.0. The first-order valence-corrected chi connectivity index (χ1v) is 9.33. The van der Waals surface area contributed by atoms with E-state index in [4.69, 9.17) is 9.47 Å². The molecule has 2 aromatic heterocycles. The van der Waals surface area contributed by atoms with Gasteiger partial charge in [-0.1, -0.05) is 13.8 Å². The van der Waals surface area contributed by atoms with E-state index in [1.54, 1.807) is 24.4 Å². The van der Waals surface area contributed by atoms with Crippen molar-refractivity contribution in [1.29, 1.82) is 0 Å². The van der Waals surface area contributed by atoms with Gasteiger partial charge in [-0.25, -0.2) is 9.78 Å². The highest BCUT2D eigenvalue weighted by Gasteiger charge is 2.21. The first kappa shape index (κ1) is 21.1. The standard InChI is InChI=1S/C21H24N4O5/c1-11(2)13-10-22-18-16(20(27)25(4)21(28)24(18)3)17(13)23-19(26)12-7-8-14(29-5)15(9-12)30-6/h7-11H,1-6H3,(H,22,23,26). The Morgan fingerprint density at radius 3 is 2.33 bits per heavy atom. The number of aryl methyl sites for hydroxylation is 1. The third-order valence-electron chi connectivity index (χ3n) is 5.00. The number of carbonyl (C=O) groups is 1. The van der Waals surface area contributed by atoms with Crippen LogP contribution in [0.5, 0.6) is 11.5 Å². The second-order valence-corrected chi connectivity index (χ2v) is 7.17. The van der Waals surface area contributed by atoms with E-state index in [1.165, 1.54) is 32.9 Å². The van der Waals surface area contributed by atoms with E-state index >= 15 is 0 Å². The van der Waals surface area contributed by atoms with E-state index < -0.39 is 17.2 Å². The zero-order chi connectivity index (χ0) is 22.2. The van der Waals surface area contributed by atoms with Gasteiger partial charge in [-0.05, 0) is 29.7 Å². The fourth-order valence-corrected chi connectivity index (χ4v) is 3.28. The van der Waals surface area contributed by atoms with Crippen molar-refractivity contribution >= 4 is 22.6 Å². The summed E-state index contributed by atoms with van der Waals surface area (Å²) in [4.78, 5) is 42.6. The Kier molecular flexibility index (Phi) is 5.64. The predicted molar refractivity (Wildman–Crippen MR) is 114 cm³/mol. The highest BCUT2D eigenvalue weighted by Crippen LogP contribution is 2.31. The van der Waals surface area contributed by atoms with Gasteiger partial charge in [0.2, 0.25) is 0 Å². The maximum absolute atomic E-state index is 13.0. The van der Waals surface area contributed by atoms with Crippen LogP contribution in [0.25, 0.3) is 11.0 Å². The van der Waals surface area contributed by atoms with Gasteiger partial charge in [0.05, 0.1) is 19.9 Å². The first-order chi connectivity index (χ1) is 14.2. The Morgan fingerprint density at radius 1 is 1.07 bits per heavy atom. The van der Waals surface area contributed by atoms with Gasteiger partial charge in [-0.2, -0.15) is 0 Å². The fraction of sp³-hybridized carbons (Fsp3) is 0.333. The van der Waals surface area contributed by atoms with Crippen LogP contribution in [0.3, 0.4) is 0 Å². The van der Waals surface area contributed by atoms with Crippen LogP contribution in [0.2, 0.25) is 0 Å². The van der Waals surface area contributed by atoms with Crippen molar-refractivity contribution in [2.45, 2.75) is 19.8 Å². The number of carbonyl (C=O) groups excluding carboxylic acids is 1. The number of benzene rings is 1. The summed E-state index contributed by atoms with van der Waals surface area (Å²) in [5.74, 6) is 0.452. The molecule has 0 fully saturated rings. The molecule has 0 saturated carbocycles. The number of fused-ring (bicyclic) bond motifs is 1. The van der Waals surface area contributed by atoms with Crippen LogP contribution in [0, 0.1) is 0 Å². The second-order valence-electron chi connectivity index (χ2n) is 7.17. The summed E-state index contributed by atoms with van der Waals surface area (Å²) in [5, 5.41) is 3.03. The number of nitrogens with one attached hydrogen (secondary N) is 1. The van der Waals surface area contributed by atoms with E-state index in [-0.39, 0.29) is 17.0 Å². The minimum Gasteiger partial charge on any atom is -0.493 e. The Labute approximate surface area is 172 Å².